The van der Waals surface area contributed by atoms with Crippen molar-refractivity contribution in [1.82, 2.24) is 14.5 Å². The number of nitrogens with zero attached hydrogens (tertiary/aromatic N) is 3. The molecule has 1 aliphatic rings. The Morgan fingerprint density at radius 3 is 2.76 bits per heavy atom. The number of aryl methyl sites for hydroxylation is 1. The Kier molecular flexibility index (Phi) is 3.43. The largest absolute Gasteiger partial charge is 0.478 e. The number of benzene rings is 1. The molecule has 0 radical (unpaired) electrons. The highest BCUT2D eigenvalue weighted by atomic mass is 16.4. The molecule has 6 nitrogen and oxygen atoms in total. The van der Waals surface area contributed by atoms with Gasteiger partial charge in [0.1, 0.15) is 0 Å². The Labute approximate surface area is 121 Å². The molecule has 21 heavy (non-hydrogen) atoms. The number of hydrogen-bond acceptors (Lipinski definition) is 3. The van der Waals surface area contributed by atoms with Gasteiger partial charge in [0, 0.05) is 38.4 Å². The molecule has 2 heterocycles. The van der Waals surface area contributed by atoms with E-state index in [1.165, 1.54) is 0 Å². The number of fused-ring (bicyclic) bond motifs is 1. The minimum Gasteiger partial charge on any atom is -0.478 e. The molecule has 1 N–H and O–H groups in total. The van der Waals surface area contributed by atoms with Gasteiger partial charge in [-0.15, -0.1) is 0 Å². The van der Waals surface area contributed by atoms with E-state index in [0.29, 0.717) is 26.1 Å². The molecule has 1 aliphatic heterocycles. The van der Waals surface area contributed by atoms with Crippen LogP contribution >= 0.6 is 0 Å². The summed E-state index contributed by atoms with van der Waals surface area (Å²) in [7, 11) is 0. The Hall–Kier alpha value is -2.63. The third-order valence-electron chi connectivity index (χ3n) is 3.67. The average Bonchev–Trinajstić information content (AvgIpc) is 3.12. The van der Waals surface area contributed by atoms with Crippen LogP contribution in [-0.4, -0.2) is 31.4 Å². The van der Waals surface area contributed by atoms with Gasteiger partial charge in [0.05, 0.1) is 11.9 Å². The van der Waals surface area contributed by atoms with E-state index in [1.807, 2.05) is 10.8 Å². The van der Waals surface area contributed by atoms with Crippen molar-refractivity contribution < 1.29 is 14.7 Å². The van der Waals surface area contributed by atoms with Gasteiger partial charge in [0.25, 0.3) is 0 Å². The Morgan fingerprint density at radius 1 is 1.24 bits per heavy atom. The zero-order chi connectivity index (χ0) is 14.8. The summed E-state index contributed by atoms with van der Waals surface area (Å²) in [6.07, 6.45) is 5.61. The summed E-state index contributed by atoms with van der Waals surface area (Å²) in [4.78, 5) is 28.9. The van der Waals surface area contributed by atoms with Crippen LogP contribution in [0.15, 0.2) is 36.9 Å². The normalized spacial score (nSPS) is 13.2. The van der Waals surface area contributed by atoms with Crippen molar-refractivity contribution in [3.05, 3.63) is 53.6 Å². The Bertz CT molecular complexity index is 679. The Morgan fingerprint density at radius 2 is 2.05 bits per heavy atom. The number of carbonyl (C=O) groups excluding carboxylic acids is 1. The minimum absolute atomic E-state index is 0.0665. The summed E-state index contributed by atoms with van der Waals surface area (Å²) in [5, 5.41) is 8.99. The van der Waals surface area contributed by atoms with Crippen molar-refractivity contribution in [3.8, 4) is 0 Å². The molecule has 2 aromatic rings. The lowest BCUT2D eigenvalue weighted by Crippen LogP contribution is -2.26. The lowest BCUT2D eigenvalue weighted by molar-refractivity contribution is -0.132. The summed E-state index contributed by atoms with van der Waals surface area (Å²) >= 11 is 0. The van der Waals surface area contributed by atoms with Crippen LogP contribution in [0.2, 0.25) is 0 Å². The fraction of sp³-hybridized carbons (Fsp3) is 0.267. The number of carboxylic acids is 1. The number of carbonyl (C=O) groups is 2. The first-order chi connectivity index (χ1) is 10.1. The molecule has 1 aromatic carbocycles. The van der Waals surface area contributed by atoms with E-state index in [1.54, 1.807) is 35.6 Å². The first-order valence-corrected chi connectivity index (χ1v) is 6.72. The summed E-state index contributed by atoms with van der Waals surface area (Å²) in [6, 6.07) is 5.03. The SMILES string of the molecule is O=C(O)c1ccc2c(c1)CN(C(=O)CCn1ccnc1)C2. The summed E-state index contributed by atoms with van der Waals surface area (Å²) in [5.41, 5.74) is 2.21. The molecule has 0 saturated heterocycles. The first-order valence-electron chi connectivity index (χ1n) is 6.72. The van der Waals surface area contributed by atoms with E-state index in [-0.39, 0.29) is 11.5 Å². The lowest BCUT2D eigenvalue weighted by atomic mass is 10.1. The molecule has 3 rings (SSSR count). The third-order valence-corrected chi connectivity index (χ3v) is 3.67. The van der Waals surface area contributed by atoms with E-state index in [9.17, 15) is 9.59 Å². The molecule has 108 valence electrons. The number of rotatable bonds is 4. The van der Waals surface area contributed by atoms with Crippen molar-refractivity contribution in [3.63, 3.8) is 0 Å². The zero-order valence-corrected chi connectivity index (χ0v) is 11.4. The van der Waals surface area contributed by atoms with E-state index in [0.717, 1.165) is 11.1 Å². The molecule has 6 heteroatoms. The fourth-order valence-electron chi connectivity index (χ4n) is 2.51. The van der Waals surface area contributed by atoms with Crippen LogP contribution in [0.1, 0.15) is 27.9 Å². The average molecular weight is 285 g/mol. The molecule has 0 bridgehead atoms. The van der Waals surface area contributed by atoms with E-state index in [2.05, 4.69) is 4.98 Å². The van der Waals surface area contributed by atoms with Gasteiger partial charge in [-0.25, -0.2) is 9.78 Å². The van der Waals surface area contributed by atoms with Crippen LogP contribution in [0.25, 0.3) is 0 Å². The second-order valence-corrected chi connectivity index (χ2v) is 5.09. The van der Waals surface area contributed by atoms with Crippen LogP contribution in [-0.2, 0) is 24.4 Å². The van der Waals surface area contributed by atoms with Crippen molar-refractivity contribution in [1.29, 1.82) is 0 Å². The van der Waals surface area contributed by atoms with Crippen LogP contribution in [0.3, 0.4) is 0 Å². The number of aromatic carboxylic acids is 1. The number of amides is 1. The molecule has 0 fully saturated rings. The van der Waals surface area contributed by atoms with E-state index < -0.39 is 5.97 Å². The predicted molar refractivity (Wildman–Crippen MR) is 74.5 cm³/mol. The highest BCUT2D eigenvalue weighted by Crippen LogP contribution is 2.24. The van der Waals surface area contributed by atoms with Gasteiger partial charge in [-0.05, 0) is 23.3 Å². The number of imidazole rings is 1. The molecule has 0 spiro atoms. The molecule has 1 aromatic heterocycles. The van der Waals surface area contributed by atoms with Crippen LogP contribution < -0.4 is 0 Å². The fourth-order valence-corrected chi connectivity index (χ4v) is 2.51. The molecule has 0 saturated carbocycles. The van der Waals surface area contributed by atoms with Gasteiger partial charge in [0.15, 0.2) is 0 Å². The molecule has 0 atom stereocenters. The Balaban J connectivity index is 1.64. The number of hydrogen-bond donors (Lipinski definition) is 1. The highest BCUT2D eigenvalue weighted by Gasteiger charge is 2.23. The summed E-state index contributed by atoms with van der Waals surface area (Å²) < 4.78 is 1.86. The molecule has 1 amide bonds. The maximum absolute atomic E-state index is 12.2. The first kappa shape index (κ1) is 13.4. The van der Waals surface area contributed by atoms with Gasteiger partial charge in [-0.2, -0.15) is 0 Å². The summed E-state index contributed by atoms with van der Waals surface area (Å²) in [5.74, 6) is -0.876. The smallest absolute Gasteiger partial charge is 0.335 e. The molecule has 0 unspecified atom stereocenters. The summed E-state index contributed by atoms with van der Waals surface area (Å²) in [6.45, 7) is 1.64. The standard InChI is InChI=1S/C15H15N3O3/c19-14(3-5-17-6-4-16-10-17)18-8-12-2-1-11(15(20)21)7-13(12)9-18/h1-2,4,6-7,10H,3,5,8-9H2,(H,20,21). The van der Waals surface area contributed by atoms with Crippen molar-refractivity contribution in [2.45, 2.75) is 26.1 Å². The van der Waals surface area contributed by atoms with Gasteiger partial charge in [-0.3, -0.25) is 4.79 Å². The quantitative estimate of drug-likeness (QED) is 0.924. The highest BCUT2D eigenvalue weighted by molar-refractivity contribution is 5.88. The monoisotopic (exact) mass is 285 g/mol. The van der Waals surface area contributed by atoms with E-state index >= 15 is 0 Å². The second kappa shape index (κ2) is 5.40. The van der Waals surface area contributed by atoms with Crippen LogP contribution in [0.5, 0.6) is 0 Å². The van der Waals surface area contributed by atoms with Crippen molar-refractivity contribution in [2.24, 2.45) is 0 Å². The number of carboxylic acid groups (broad SMARTS) is 1. The van der Waals surface area contributed by atoms with Gasteiger partial charge < -0.3 is 14.6 Å². The lowest BCUT2D eigenvalue weighted by Gasteiger charge is -2.15. The van der Waals surface area contributed by atoms with Gasteiger partial charge in [-0.1, -0.05) is 6.07 Å². The zero-order valence-electron chi connectivity index (χ0n) is 11.4. The number of aromatic nitrogens is 2. The van der Waals surface area contributed by atoms with Gasteiger partial charge in [0.2, 0.25) is 5.91 Å². The van der Waals surface area contributed by atoms with Crippen LogP contribution in [0.4, 0.5) is 0 Å². The van der Waals surface area contributed by atoms with Crippen LogP contribution in [0, 0.1) is 0 Å². The van der Waals surface area contributed by atoms with Gasteiger partial charge >= 0.3 is 5.97 Å². The predicted octanol–water partition coefficient (Wildman–Crippen LogP) is 1.51. The van der Waals surface area contributed by atoms with E-state index in [4.69, 9.17) is 5.11 Å². The maximum atomic E-state index is 12.2. The minimum atomic E-state index is -0.942. The van der Waals surface area contributed by atoms with Crippen molar-refractivity contribution in [2.75, 3.05) is 0 Å². The third kappa shape index (κ3) is 2.79. The maximum Gasteiger partial charge on any atom is 0.335 e. The molecular weight excluding hydrogens is 270 g/mol. The molecule has 0 aliphatic carbocycles. The second-order valence-electron chi connectivity index (χ2n) is 5.09. The van der Waals surface area contributed by atoms with Crippen molar-refractivity contribution >= 4 is 11.9 Å². The molecular formula is C15H15N3O3. The topological polar surface area (TPSA) is 75.4 Å².